The summed E-state index contributed by atoms with van der Waals surface area (Å²) in [4.78, 5) is 36.0. The van der Waals surface area contributed by atoms with Gasteiger partial charge in [-0.3, -0.25) is 14.9 Å². The number of nitro benzene ring substituents is 1. The fraction of sp³-hybridized carbons (Fsp3) is 0.467. The number of rotatable bonds is 4. The van der Waals surface area contributed by atoms with Crippen LogP contribution in [0.2, 0.25) is 5.02 Å². The lowest BCUT2D eigenvalue weighted by Crippen LogP contribution is -2.49. The number of benzene rings is 1. The molecule has 1 aromatic carbocycles. The molecule has 1 fully saturated rings. The Morgan fingerprint density at radius 3 is 2.58 bits per heavy atom. The van der Waals surface area contributed by atoms with E-state index < -0.39 is 23.2 Å². The number of esters is 1. The van der Waals surface area contributed by atoms with E-state index in [1.807, 2.05) is 13.8 Å². The number of carbonyl (C=O) groups is 2. The van der Waals surface area contributed by atoms with Gasteiger partial charge in [0, 0.05) is 24.2 Å². The van der Waals surface area contributed by atoms with Crippen LogP contribution in [0.15, 0.2) is 18.2 Å². The Morgan fingerprint density at radius 2 is 2.00 bits per heavy atom. The van der Waals surface area contributed by atoms with E-state index in [0.29, 0.717) is 13.1 Å². The molecular weight excluding hydrogens is 340 g/mol. The summed E-state index contributed by atoms with van der Waals surface area (Å²) in [5, 5.41) is 11.1. The highest BCUT2D eigenvalue weighted by atomic mass is 35.5. The Labute approximate surface area is 143 Å². The molecule has 0 aliphatic carbocycles. The molecule has 1 aromatic rings. The Morgan fingerprint density at radius 1 is 1.38 bits per heavy atom. The molecule has 0 spiro atoms. The minimum Gasteiger partial charge on any atom is -0.452 e. The molecule has 24 heavy (non-hydrogen) atoms. The summed E-state index contributed by atoms with van der Waals surface area (Å²) < 4.78 is 10.5. The molecule has 0 N–H and O–H groups in total. The van der Waals surface area contributed by atoms with Crippen LogP contribution < -0.4 is 0 Å². The van der Waals surface area contributed by atoms with Gasteiger partial charge in [0.1, 0.15) is 5.56 Å². The molecule has 0 radical (unpaired) electrons. The first-order valence-electron chi connectivity index (χ1n) is 7.32. The van der Waals surface area contributed by atoms with Crippen molar-refractivity contribution < 1.29 is 24.0 Å². The van der Waals surface area contributed by atoms with Crippen molar-refractivity contribution >= 4 is 29.2 Å². The summed E-state index contributed by atoms with van der Waals surface area (Å²) in [6, 6.07) is 3.57. The number of nitro groups is 1. The fourth-order valence-corrected chi connectivity index (χ4v) is 2.68. The van der Waals surface area contributed by atoms with Crippen molar-refractivity contribution in [2.45, 2.75) is 26.1 Å². The molecule has 0 aromatic heterocycles. The predicted molar refractivity (Wildman–Crippen MR) is 85.0 cm³/mol. The van der Waals surface area contributed by atoms with E-state index in [1.54, 1.807) is 4.90 Å². The van der Waals surface area contributed by atoms with Crippen molar-refractivity contribution in [2.75, 3.05) is 19.7 Å². The van der Waals surface area contributed by atoms with Crippen molar-refractivity contribution in [2.24, 2.45) is 0 Å². The first-order chi connectivity index (χ1) is 11.3. The molecule has 2 atom stereocenters. The molecule has 9 heteroatoms. The van der Waals surface area contributed by atoms with Crippen LogP contribution in [0.3, 0.4) is 0 Å². The van der Waals surface area contributed by atoms with Crippen LogP contribution in [0.25, 0.3) is 0 Å². The number of hydrogen-bond donors (Lipinski definition) is 0. The van der Waals surface area contributed by atoms with Crippen molar-refractivity contribution in [3.8, 4) is 0 Å². The van der Waals surface area contributed by atoms with Crippen molar-refractivity contribution in [1.29, 1.82) is 0 Å². The van der Waals surface area contributed by atoms with Crippen LogP contribution in [0.1, 0.15) is 24.2 Å². The zero-order valence-electron chi connectivity index (χ0n) is 13.2. The van der Waals surface area contributed by atoms with E-state index in [1.165, 1.54) is 6.07 Å². The Bertz CT molecular complexity index is 655. The number of carbonyl (C=O) groups excluding carboxylic acids is 2. The lowest BCUT2D eigenvalue weighted by atomic mass is 10.2. The highest BCUT2D eigenvalue weighted by Gasteiger charge is 2.27. The summed E-state index contributed by atoms with van der Waals surface area (Å²) in [6.07, 6.45) is -0.218. The van der Waals surface area contributed by atoms with Gasteiger partial charge in [0.15, 0.2) is 6.61 Å². The van der Waals surface area contributed by atoms with E-state index in [2.05, 4.69) is 0 Å². The van der Waals surface area contributed by atoms with Crippen LogP contribution in [0.4, 0.5) is 5.69 Å². The molecule has 2 rings (SSSR count). The van der Waals surface area contributed by atoms with E-state index in [9.17, 15) is 19.7 Å². The van der Waals surface area contributed by atoms with E-state index in [0.717, 1.165) is 12.1 Å². The molecule has 1 amide bonds. The summed E-state index contributed by atoms with van der Waals surface area (Å²) in [6.45, 7) is 3.99. The smallest absolute Gasteiger partial charge is 0.345 e. The zero-order valence-corrected chi connectivity index (χ0v) is 14.0. The van der Waals surface area contributed by atoms with Crippen LogP contribution in [0.5, 0.6) is 0 Å². The summed E-state index contributed by atoms with van der Waals surface area (Å²) in [7, 11) is 0. The van der Waals surface area contributed by atoms with Crippen molar-refractivity contribution in [3.63, 3.8) is 0 Å². The summed E-state index contributed by atoms with van der Waals surface area (Å²) in [5.41, 5.74) is -0.713. The standard InChI is InChI=1S/C15H17ClN2O6/c1-9-6-17(7-10(2)24-9)14(19)8-23-15(20)12-5-11(16)3-4-13(12)18(21)22/h3-5,9-10H,6-8H2,1-2H3/t9-,10+. The third kappa shape index (κ3) is 4.42. The Kier molecular flexibility index (Phi) is 5.74. The average Bonchev–Trinajstić information content (AvgIpc) is 2.50. The number of nitrogens with zero attached hydrogens (tertiary/aromatic N) is 2. The van der Waals surface area contributed by atoms with E-state index in [4.69, 9.17) is 21.1 Å². The molecular formula is C15H17ClN2O6. The topological polar surface area (TPSA) is 99.0 Å². The van der Waals surface area contributed by atoms with Gasteiger partial charge in [-0.15, -0.1) is 0 Å². The maximum absolute atomic E-state index is 12.1. The van der Waals surface area contributed by atoms with Gasteiger partial charge in [0.2, 0.25) is 0 Å². The van der Waals surface area contributed by atoms with Gasteiger partial charge < -0.3 is 14.4 Å². The van der Waals surface area contributed by atoms with Gasteiger partial charge in [-0.1, -0.05) is 11.6 Å². The molecule has 1 aliphatic rings. The molecule has 0 bridgehead atoms. The Hall–Kier alpha value is -2.19. The van der Waals surface area contributed by atoms with Gasteiger partial charge in [-0.05, 0) is 26.0 Å². The maximum atomic E-state index is 12.1. The fourth-order valence-electron chi connectivity index (χ4n) is 2.51. The van der Waals surface area contributed by atoms with Gasteiger partial charge in [-0.2, -0.15) is 0 Å². The first-order valence-corrected chi connectivity index (χ1v) is 7.70. The quantitative estimate of drug-likeness (QED) is 0.465. The third-order valence-corrected chi connectivity index (χ3v) is 3.71. The molecule has 0 saturated carbocycles. The largest absolute Gasteiger partial charge is 0.452 e. The van der Waals surface area contributed by atoms with Crippen molar-refractivity contribution in [3.05, 3.63) is 38.9 Å². The molecule has 0 unspecified atom stereocenters. The highest BCUT2D eigenvalue weighted by molar-refractivity contribution is 6.31. The van der Waals surface area contributed by atoms with Crippen LogP contribution in [-0.2, 0) is 14.3 Å². The van der Waals surface area contributed by atoms with E-state index >= 15 is 0 Å². The molecule has 8 nitrogen and oxygen atoms in total. The summed E-state index contributed by atoms with van der Waals surface area (Å²) in [5.74, 6) is -1.35. The first kappa shape index (κ1) is 18.2. The van der Waals surface area contributed by atoms with Gasteiger partial charge >= 0.3 is 5.97 Å². The van der Waals surface area contributed by atoms with Crippen molar-refractivity contribution in [1.82, 2.24) is 4.90 Å². The molecule has 1 aliphatic heterocycles. The minimum atomic E-state index is -0.966. The number of amides is 1. The monoisotopic (exact) mass is 356 g/mol. The summed E-state index contributed by atoms with van der Waals surface area (Å²) >= 11 is 5.76. The third-order valence-electron chi connectivity index (χ3n) is 3.47. The molecule has 1 heterocycles. The second-order valence-corrected chi connectivity index (χ2v) is 5.99. The predicted octanol–water partition coefficient (Wildman–Crippen LogP) is 2.04. The van der Waals surface area contributed by atoms with Gasteiger partial charge in [-0.25, -0.2) is 4.79 Å². The van der Waals surface area contributed by atoms with Gasteiger partial charge in [0.25, 0.3) is 11.6 Å². The Balaban J connectivity index is 2.02. The van der Waals surface area contributed by atoms with Crippen LogP contribution in [0, 0.1) is 10.1 Å². The van der Waals surface area contributed by atoms with Gasteiger partial charge in [0.05, 0.1) is 17.1 Å². The second-order valence-electron chi connectivity index (χ2n) is 5.55. The SMILES string of the molecule is C[C@@H]1CN(C(=O)COC(=O)c2cc(Cl)ccc2[N+](=O)[O-])C[C@H](C)O1. The van der Waals surface area contributed by atoms with E-state index in [-0.39, 0.29) is 28.7 Å². The normalized spacial score (nSPS) is 20.5. The van der Waals surface area contributed by atoms with Crippen LogP contribution in [-0.4, -0.2) is 53.6 Å². The maximum Gasteiger partial charge on any atom is 0.345 e. The minimum absolute atomic E-state index is 0.109. The van der Waals surface area contributed by atoms with Crippen LogP contribution >= 0.6 is 11.6 Å². The lowest BCUT2D eigenvalue weighted by Gasteiger charge is -2.35. The molecule has 130 valence electrons. The average molecular weight is 357 g/mol. The molecule has 1 saturated heterocycles. The lowest BCUT2D eigenvalue weighted by molar-refractivity contribution is -0.385. The number of ether oxygens (including phenoxy) is 2. The zero-order chi connectivity index (χ0) is 17.9. The highest BCUT2D eigenvalue weighted by Crippen LogP contribution is 2.23. The number of morpholine rings is 1. The second kappa shape index (κ2) is 7.59. The number of hydrogen-bond acceptors (Lipinski definition) is 6. The number of halogens is 1.